The Morgan fingerprint density at radius 3 is 2.64 bits per heavy atom. The molecule has 0 aromatic heterocycles. The van der Waals surface area contributed by atoms with Gasteiger partial charge in [0.2, 0.25) is 0 Å². The van der Waals surface area contributed by atoms with Gasteiger partial charge in [0.25, 0.3) is 0 Å². The fourth-order valence-corrected chi connectivity index (χ4v) is 1.25. The van der Waals surface area contributed by atoms with Gasteiger partial charge >= 0.3 is 0 Å². The van der Waals surface area contributed by atoms with Crippen molar-refractivity contribution in [2.45, 2.75) is 5.66 Å². The minimum atomic E-state index is -0.707. The van der Waals surface area contributed by atoms with E-state index < -0.39 is 5.66 Å². The van der Waals surface area contributed by atoms with Crippen molar-refractivity contribution in [1.29, 1.82) is 0 Å². The highest BCUT2D eigenvalue weighted by Gasteiger charge is 2.35. The van der Waals surface area contributed by atoms with E-state index in [0.717, 1.165) is 19.4 Å². The lowest BCUT2D eigenvalue weighted by atomic mass is 10.2. The maximum Gasteiger partial charge on any atom is 0.167 e. The van der Waals surface area contributed by atoms with Crippen LogP contribution < -0.4 is 5.32 Å². The highest BCUT2D eigenvalue weighted by atomic mass is 16.1. The van der Waals surface area contributed by atoms with E-state index in [0.29, 0.717) is 0 Å². The van der Waals surface area contributed by atoms with Crippen LogP contribution in [0.4, 0.5) is 0 Å². The number of aldehydes is 1. The van der Waals surface area contributed by atoms with Gasteiger partial charge < -0.3 is 4.90 Å². The van der Waals surface area contributed by atoms with Crippen LogP contribution in [0, 0.1) is 0 Å². The Morgan fingerprint density at radius 1 is 1.55 bits per heavy atom. The minimum absolute atomic E-state index is 0.707. The monoisotopic (exact) mass is 152 g/mol. The second-order valence-electron chi connectivity index (χ2n) is 2.45. The van der Waals surface area contributed by atoms with E-state index in [-0.39, 0.29) is 0 Å². The van der Waals surface area contributed by atoms with Crippen LogP contribution in [0.2, 0.25) is 0 Å². The van der Waals surface area contributed by atoms with Gasteiger partial charge in [-0.25, -0.2) is 0 Å². The third-order valence-corrected chi connectivity index (χ3v) is 1.95. The number of nitrogens with zero attached hydrogens (tertiary/aromatic N) is 1. The first-order valence-electron chi connectivity index (χ1n) is 3.53. The Kier molecular flexibility index (Phi) is 2.10. The Hall–Kier alpha value is -1.09. The molecule has 1 saturated heterocycles. The Balaban J connectivity index is 2.87. The van der Waals surface area contributed by atoms with Gasteiger partial charge in [-0.15, -0.1) is 0 Å². The molecule has 0 bridgehead atoms. The van der Waals surface area contributed by atoms with Crippen molar-refractivity contribution in [3.63, 3.8) is 0 Å². The molecule has 0 spiro atoms. The summed E-state index contributed by atoms with van der Waals surface area (Å²) in [5.74, 6) is 0. The third-order valence-electron chi connectivity index (χ3n) is 1.95. The molecule has 1 heterocycles. The first kappa shape index (κ1) is 8.01. The molecule has 1 atom stereocenters. The van der Waals surface area contributed by atoms with Gasteiger partial charge in [-0.1, -0.05) is 13.2 Å². The van der Waals surface area contributed by atoms with E-state index in [2.05, 4.69) is 18.5 Å². The molecule has 1 rings (SSSR count). The first-order valence-corrected chi connectivity index (χ1v) is 3.53. The summed E-state index contributed by atoms with van der Waals surface area (Å²) in [6.45, 7) is 8.80. The summed E-state index contributed by atoms with van der Waals surface area (Å²) in [5.41, 5.74) is -0.707. The molecule has 0 aromatic carbocycles. The molecular formula is C8H12N2O. The molecule has 0 aliphatic carbocycles. The zero-order valence-corrected chi connectivity index (χ0v) is 6.42. The van der Waals surface area contributed by atoms with Crippen LogP contribution in [0.1, 0.15) is 0 Å². The molecule has 0 amide bonds. The molecule has 1 aliphatic rings. The lowest BCUT2D eigenvalue weighted by molar-refractivity contribution is -0.114. The average molecular weight is 152 g/mol. The van der Waals surface area contributed by atoms with Gasteiger partial charge in [-0.05, 0) is 12.3 Å². The van der Waals surface area contributed by atoms with E-state index >= 15 is 0 Å². The van der Waals surface area contributed by atoms with Gasteiger partial charge in [0, 0.05) is 13.1 Å². The predicted molar refractivity (Wildman–Crippen MR) is 43.9 cm³/mol. The lowest BCUT2D eigenvalue weighted by Crippen LogP contribution is -2.48. The van der Waals surface area contributed by atoms with E-state index in [1.54, 1.807) is 12.3 Å². The number of hydrogen-bond donors (Lipinski definition) is 1. The normalized spacial score (nSPS) is 30.0. The van der Waals surface area contributed by atoms with Crippen molar-refractivity contribution in [3.8, 4) is 0 Å². The highest BCUT2D eigenvalue weighted by molar-refractivity contribution is 5.68. The van der Waals surface area contributed by atoms with Crippen LogP contribution in [-0.4, -0.2) is 29.9 Å². The van der Waals surface area contributed by atoms with Crippen molar-refractivity contribution in [2.75, 3.05) is 13.1 Å². The predicted octanol–water partition coefficient (Wildman–Crippen LogP) is 0.116. The van der Waals surface area contributed by atoms with E-state index in [4.69, 9.17) is 0 Å². The third kappa shape index (κ3) is 1.07. The fraction of sp³-hybridized carbons (Fsp3) is 0.375. The molecular weight excluding hydrogens is 140 g/mol. The molecule has 3 heteroatoms. The van der Waals surface area contributed by atoms with Crippen molar-refractivity contribution < 1.29 is 4.79 Å². The molecule has 1 aliphatic heterocycles. The summed E-state index contributed by atoms with van der Waals surface area (Å²) >= 11 is 0. The second kappa shape index (κ2) is 2.88. The molecule has 3 nitrogen and oxygen atoms in total. The molecule has 1 fully saturated rings. The maximum absolute atomic E-state index is 10.7. The first-order chi connectivity index (χ1) is 5.29. The molecule has 1 unspecified atom stereocenters. The number of carbonyl (C=O) groups excluding carboxylic acids is 1. The molecule has 0 saturated carbocycles. The van der Waals surface area contributed by atoms with Crippen LogP contribution in [0.15, 0.2) is 25.4 Å². The van der Waals surface area contributed by atoms with Gasteiger partial charge in [0.05, 0.1) is 0 Å². The summed E-state index contributed by atoms with van der Waals surface area (Å²) in [6.07, 6.45) is 4.08. The Morgan fingerprint density at radius 2 is 2.27 bits per heavy atom. The SMILES string of the molecule is C=CN1CCNC1(C=C)C=O. The quantitative estimate of drug-likeness (QED) is 0.460. The topological polar surface area (TPSA) is 32.3 Å². The van der Waals surface area contributed by atoms with Gasteiger partial charge in [-0.3, -0.25) is 10.1 Å². The van der Waals surface area contributed by atoms with Crippen LogP contribution >= 0.6 is 0 Å². The molecule has 1 N–H and O–H groups in total. The molecule has 0 radical (unpaired) electrons. The summed E-state index contributed by atoms with van der Waals surface area (Å²) in [7, 11) is 0. The van der Waals surface area contributed by atoms with Gasteiger partial charge in [-0.2, -0.15) is 0 Å². The standard InChI is InChI=1S/C8H12N2O/c1-3-8(7-11)9-5-6-10(8)4-2/h3-4,7,9H,1-2,5-6H2. The largest absolute Gasteiger partial charge is 0.350 e. The fourth-order valence-electron chi connectivity index (χ4n) is 1.25. The number of hydrogen-bond acceptors (Lipinski definition) is 3. The summed E-state index contributed by atoms with van der Waals surface area (Å²) in [5, 5.41) is 3.04. The summed E-state index contributed by atoms with van der Waals surface area (Å²) in [4.78, 5) is 12.5. The van der Waals surface area contributed by atoms with Crippen molar-refractivity contribution >= 4 is 6.29 Å². The Bertz CT molecular complexity index is 181. The highest BCUT2D eigenvalue weighted by Crippen LogP contribution is 2.15. The van der Waals surface area contributed by atoms with Crippen molar-refractivity contribution in [1.82, 2.24) is 10.2 Å². The van der Waals surface area contributed by atoms with E-state index in [9.17, 15) is 4.79 Å². The van der Waals surface area contributed by atoms with Crippen LogP contribution in [-0.2, 0) is 4.79 Å². The van der Waals surface area contributed by atoms with Crippen molar-refractivity contribution in [2.24, 2.45) is 0 Å². The molecule has 60 valence electrons. The number of carbonyl (C=O) groups is 1. The average Bonchev–Trinajstić information content (AvgIpc) is 2.47. The Labute approximate surface area is 66.4 Å². The van der Waals surface area contributed by atoms with Crippen molar-refractivity contribution in [3.05, 3.63) is 25.4 Å². The van der Waals surface area contributed by atoms with Gasteiger partial charge in [0.1, 0.15) is 0 Å². The van der Waals surface area contributed by atoms with E-state index in [1.807, 2.05) is 4.90 Å². The number of rotatable bonds is 3. The second-order valence-corrected chi connectivity index (χ2v) is 2.45. The van der Waals surface area contributed by atoms with Gasteiger partial charge in [0.15, 0.2) is 11.9 Å². The van der Waals surface area contributed by atoms with Crippen LogP contribution in [0.3, 0.4) is 0 Å². The number of nitrogens with one attached hydrogen (secondary N) is 1. The van der Waals surface area contributed by atoms with E-state index in [1.165, 1.54) is 0 Å². The minimum Gasteiger partial charge on any atom is -0.350 e. The van der Waals surface area contributed by atoms with Crippen LogP contribution in [0.25, 0.3) is 0 Å². The zero-order chi connectivity index (χ0) is 8.32. The maximum atomic E-state index is 10.7. The summed E-state index contributed by atoms with van der Waals surface area (Å²) in [6, 6.07) is 0. The zero-order valence-electron chi connectivity index (χ0n) is 6.42. The smallest absolute Gasteiger partial charge is 0.167 e. The molecule has 0 aromatic rings. The lowest BCUT2D eigenvalue weighted by Gasteiger charge is -2.28. The molecule has 11 heavy (non-hydrogen) atoms. The van der Waals surface area contributed by atoms with Crippen LogP contribution in [0.5, 0.6) is 0 Å². The summed E-state index contributed by atoms with van der Waals surface area (Å²) < 4.78 is 0.